The summed E-state index contributed by atoms with van der Waals surface area (Å²) < 4.78 is 3.48. The van der Waals surface area contributed by atoms with Crippen molar-refractivity contribution in [3.8, 4) is 0 Å². The number of aromatic nitrogens is 3. The lowest BCUT2D eigenvalue weighted by atomic mass is 10.1. The van der Waals surface area contributed by atoms with Crippen molar-refractivity contribution in [2.45, 2.75) is 45.8 Å². The maximum atomic E-state index is 12.7. The number of fused-ring (bicyclic) bond motifs is 1. The van der Waals surface area contributed by atoms with Crippen molar-refractivity contribution in [3.05, 3.63) is 64.8 Å². The van der Waals surface area contributed by atoms with Crippen molar-refractivity contribution in [1.82, 2.24) is 19.4 Å². The van der Waals surface area contributed by atoms with Crippen molar-refractivity contribution in [3.63, 3.8) is 0 Å². The van der Waals surface area contributed by atoms with Crippen molar-refractivity contribution >= 4 is 16.9 Å². The van der Waals surface area contributed by atoms with E-state index in [1.54, 1.807) is 21.5 Å². The van der Waals surface area contributed by atoms with Gasteiger partial charge in [-0.15, -0.1) is 0 Å². The second-order valence-corrected chi connectivity index (χ2v) is 6.39. The number of carbonyl (C=O) groups excluding carboxylic acids is 1. The highest BCUT2D eigenvalue weighted by molar-refractivity contribution is 5.78. The molecular weight excluding hydrogens is 328 g/mol. The van der Waals surface area contributed by atoms with E-state index in [-0.39, 0.29) is 24.1 Å². The molecule has 0 fully saturated rings. The average molecular weight is 352 g/mol. The molecule has 2 aromatic heterocycles. The molecule has 6 nitrogen and oxygen atoms in total. The van der Waals surface area contributed by atoms with Gasteiger partial charge in [-0.05, 0) is 43.2 Å². The molecule has 1 N–H and O–H groups in total. The molecule has 1 atom stereocenters. The molecule has 0 aliphatic rings. The van der Waals surface area contributed by atoms with Crippen LogP contribution in [0.15, 0.2) is 53.6 Å². The third-order valence-electron chi connectivity index (χ3n) is 4.52. The van der Waals surface area contributed by atoms with E-state index in [2.05, 4.69) is 10.3 Å². The van der Waals surface area contributed by atoms with Crippen molar-refractivity contribution in [2.24, 2.45) is 0 Å². The lowest BCUT2D eigenvalue weighted by Crippen LogP contribution is -2.30. The van der Waals surface area contributed by atoms with Crippen molar-refractivity contribution < 1.29 is 4.79 Å². The van der Waals surface area contributed by atoms with Gasteiger partial charge in [-0.2, -0.15) is 0 Å². The highest BCUT2D eigenvalue weighted by Crippen LogP contribution is 2.14. The Balaban J connectivity index is 1.72. The van der Waals surface area contributed by atoms with Gasteiger partial charge in [0.15, 0.2) is 0 Å². The average Bonchev–Trinajstić information content (AvgIpc) is 2.93. The summed E-state index contributed by atoms with van der Waals surface area (Å²) in [7, 11) is 0. The molecule has 1 aromatic carbocycles. The Bertz CT molecular complexity index is 943. The second kappa shape index (κ2) is 7.99. The summed E-state index contributed by atoms with van der Waals surface area (Å²) in [5.74, 6) is -0.0754. The Hall–Kier alpha value is -2.89. The number of hydrogen-bond donors (Lipinski definition) is 1. The van der Waals surface area contributed by atoms with Gasteiger partial charge in [-0.1, -0.05) is 19.1 Å². The topological polar surface area (TPSA) is 68.9 Å². The number of para-hydroxylation sites is 2. The highest BCUT2D eigenvalue weighted by Gasteiger charge is 2.14. The van der Waals surface area contributed by atoms with Gasteiger partial charge in [0.1, 0.15) is 0 Å². The number of amides is 1. The number of benzene rings is 1. The van der Waals surface area contributed by atoms with E-state index in [9.17, 15) is 9.59 Å². The van der Waals surface area contributed by atoms with Gasteiger partial charge in [0.05, 0.1) is 17.1 Å². The molecule has 0 aliphatic carbocycles. The standard InChI is InChI=1S/C20H24N4O2/c1-3-13-23-17-6-4-5-7-18(17)24(20(23)26)14-10-19(25)22-15(2)16-8-11-21-12-9-16/h4-9,11-12,15H,3,10,13-14H2,1-2H3,(H,22,25). The monoisotopic (exact) mass is 352 g/mol. The van der Waals surface area contributed by atoms with Crippen LogP contribution < -0.4 is 11.0 Å². The summed E-state index contributed by atoms with van der Waals surface area (Å²) in [6.07, 6.45) is 4.56. The molecule has 2 heterocycles. The summed E-state index contributed by atoms with van der Waals surface area (Å²) >= 11 is 0. The predicted molar refractivity (Wildman–Crippen MR) is 102 cm³/mol. The largest absolute Gasteiger partial charge is 0.350 e. The number of imidazole rings is 1. The molecule has 6 heteroatoms. The molecule has 0 saturated carbocycles. The van der Waals surface area contributed by atoms with Crippen LogP contribution in [0.4, 0.5) is 0 Å². The van der Waals surface area contributed by atoms with Crippen LogP contribution in [0.3, 0.4) is 0 Å². The third-order valence-corrected chi connectivity index (χ3v) is 4.52. The zero-order valence-corrected chi connectivity index (χ0v) is 15.2. The maximum Gasteiger partial charge on any atom is 0.329 e. The molecule has 0 saturated heterocycles. The summed E-state index contributed by atoms with van der Waals surface area (Å²) in [6, 6.07) is 11.4. The second-order valence-electron chi connectivity index (χ2n) is 6.39. The molecule has 1 unspecified atom stereocenters. The van der Waals surface area contributed by atoms with Crippen LogP contribution in [-0.2, 0) is 17.9 Å². The number of nitrogens with one attached hydrogen (secondary N) is 1. The number of rotatable bonds is 7. The van der Waals surface area contributed by atoms with Gasteiger partial charge in [-0.3, -0.25) is 18.9 Å². The van der Waals surface area contributed by atoms with Crippen LogP contribution in [0.25, 0.3) is 11.0 Å². The number of carbonyl (C=O) groups is 1. The lowest BCUT2D eigenvalue weighted by molar-refractivity contribution is -0.121. The van der Waals surface area contributed by atoms with E-state index in [1.807, 2.05) is 50.2 Å². The van der Waals surface area contributed by atoms with Crippen LogP contribution in [0.2, 0.25) is 0 Å². The Morgan fingerprint density at radius 2 is 1.69 bits per heavy atom. The zero-order chi connectivity index (χ0) is 18.5. The molecule has 0 spiro atoms. The summed E-state index contributed by atoms with van der Waals surface area (Å²) in [6.45, 7) is 5.03. The maximum absolute atomic E-state index is 12.7. The van der Waals surface area contributed by atoms with Gasteiger partial charge in [0, 0.05) is 31.9 Å². The van der Waals surface area contributed by atoms with Gasteiger partial charge in [0.2, 0.25) is 5.91 Å². The smallest absolute Gasteiger partial charge is 0.329 e. The van der Waals surface area contributed by atoms with E-state index >= 15 is 0 Å². The van der Waals surface area contributed by atoms with Gasteiger partial charge >= 0.3 is 5.69 Å². The predicted octanol–water partition coefficient (Wildman–Crippen LogP) is 2.88. The van der Waals surface area contributed by atoms with Crippen molar-refractivity contribution in [1.29, 1.82) is 0 Å². The fourth-order valence-corrected chi connectivity index (χ4v) is 3.19. The SMILES string of the molecule is CCCn1c(=O)n(CCC(=O)NC(C)c2ccncc2)c2ccccc21. The lowest BCUT2D eigenvalue weighted by Gasteiger charge is -2.14. The van der Waals surface area contributed by atoms with E-state index in [0.29, 0.717) is 13.1 Å². The molecule has 3 aromatic rings. The van der Waals surface area contributed by atoms with Crippen LogP contribution in [-0.4, -0.2) is 20.0 Å². The van der Waals surface area contributed by atoms with Gasteiger partial charge in [-0.25, -0.2) is 4.79 Å². The van der Waals surface area contributed by atoms with Crippen LogP contribution in [0.5, 0.6) is 0 Å². The van der Waals surface area contributed by atoms with Gasteiger partial charge in [0.25, 0.3) is 0 Å². The zero-order valence-electron chi connectivity index (χ0n) is 15.2. The third kappa shape index (κ3) is 3.69. The fourth-order valence-electron chi connectivity index (χ4n) is 3.19. The molecule has 3 rings (SSSR count). The van der Waals surface area contributed by atoms with Gasteiger partial charge < -0.3 is 5.32 Å². The molecule has 1 amide bonds. The first-order chi connectivity index (χ1) is 12.6. The molecule has 26 heavy (non-hydrogen) atoms. The molecule has 0 aliphatic heterocycles. The molecule has 0 bridgehead atoms. The Morgan fingerprint density at radius 3 is 2.31 bits per heavy atom. The van der Waals surface area contributed by atoms with Crippen LogP contribution in [0.1, 0.15) is 38.3 Å². The number of aryl methyl sites for hydroxylation is 2. The first kappa shape index (κ1) is 17.9. The van der Waals surface area contributed by atoms with E-state index < -0.39 is 0 Å². The van der Waals surface area contributed by atoms with E-state index in [0.717, 1.165) is 23.0 Å². The fraction of sp³-hybridized carbons (Fsp3) is 0.350. The minimum absolute atomic E-state index is 0.0527. The van der Waals surface area contributed by atoms with E-state index in [1.165, 1.54) is 0 Å². The molecule has 0 radical (unpaired) electrons. The highest BCUT2D eigenvalue weighted by atomic mass is 16.2. The normalized spacial score (nSPS) is 12.2. The number of hydrogen-bond acceptors (Lipinski definition) is 3. The number of pyridine rings is 1. The van der Waals surface area contributed by atoms with E-state index in [4.69, 9.17) is 0 Å². The van der Waals surface area contributed by atoms with Crippen LogP contribution >= 0.6 is 0 Å². The minimum Gasteiger partial charge on any atom is -0.350 e. The molecule has 136 valence electrons. The first-order valence-corrected chi connectivity index (χ1v) is 8.99. The number of nitrogens with zero attached hydrogens (tertiary/aromatic N) is 3. The Labute approximate surface area is 152 Å². The first-order valence-electron chi connectivity index (χ1n) is 8.99. The quantitative estimate of drug-likeness (QED) is 0.711. The molecular formula is C20H24N4O2. The summed E-state index contributed by atoms with van der Waals surface area (Å²) in [5, 5.41) is 2.98. The summed E-state index contributed by atoms with van der Waals surface area (Å²) in [4.78, 5) is 29.0. The van der Waals surface area contributed by atoms with Crippen molar-refractivity contribution in [2.75, 3.05) is 0 Å². The Morgan fingerprint density at radius 1 is 1.08 bits per heavy atom. The minimum atomic E-state index is -0.0938. The Kier molecular flexibility index (Phi) is 5.51. The van der Waals surface area contributed by atoms with Crippen LogP contribution in [0, 0.1) is 0 Å². The summed E-state index contributed by atoms with van der Waals surface area (Å²) in [5.41, 5.74) is 2.75.